The van der Waals surface area contributed by atoms with Crippen LogP contribution in [0.4, 0.5) is 5.95 Å². The molecule has 0 spiro atoms. The molecule has 3 rings (SSSR count). The van der Waals surface area contributed by atoms with Gasteiger partial charge in [0.15, 0.2) is 0 Å². The van der Waals surface area contributed by atoms with E-state index in [2.05, 4.69) is 15.3 Å². The van der Waals surface area contributed by atoms with E-state index >= 15 is 0 Å². The van der Waals surface area contributed by atoms with Crippen molar-refractivity contribution < 1.29 is 9.59 Å². The fraction of sp³-hybridized carbons (Fsp3) is 0.368. The van der Waals surface area contributed by atoms with Gasteiger partial charge < -0.3 is 4.90 Å². The van der Waals surface area contributed by atoms with Gasteiger partial charge in [0, 0.05) is 23.5 Å². The molecule has 2 amide bonds. The van der Waals surface area contributed by atoms with Crippen LogP contribution in [0.2, 0.25) is 0 Å². The lowest BCUT2D eigenvalue weighted by Gasteiger charge is -2.29. The maximum atomic E-state index is 12.9. The summed E-state index contributed by atoms with van der Waals surface area (Å²) in [5, 5.41) is 2.77. The molecule has 1 N–H and O–H groups in total. The minimum Gasteiger partial charge on any atom is -0.322 e. The third-order valence-corrected chi connectivity index (χ3v) is 4.30. The summed E-state index contributed by atoms with van der Waals surface area (Å²) < 4.78 is 0. The van der Waals surface area contributed by atoms with Gasteiger partial charge in [-0.2, -0.15) is 0 Å². The zero-order valence-corrected chi connectivity index (χ0v) is 14.9. The summed E-state index contributed by atoms with van der Waals surface area (Å²) >= 11 is 0. The van der Waals surface area contributed by atoms with Crippen LogP contribution in [0.25, 0.3) is 0 Å². The summed E-state index contributed by atoms with van der Waals surface area (Å²) in [5.41, 5.74) is 3.19. The van der Waals surface area contributed by atoms with E-state index in [1.165, 1.54) is 0 Å². The molecule has 0 saturated heterocycles. The zero-order chi connectivity index (χ0) is 18.1. The Morgan fingerprint density at radius 1 is 1.16 bits per heavy atom. The SMILES string of the molecule is Cc1cc(C)nc(NC(=O)[C@@H](C(C)C)N2Cc3ccccc3C2=O)n1. The second kappa shape index (κ2) is 6.63. The summed E-state index contributed by atoms with van der Waals surface area (Å²) in [6, 6.07) is 8.74. The molecule has 6 nitrogen and oxygen atoms in total. The Kier molecular flexibility index (Phi) is 4.53. The molecule has 0 fully saturated rings. The molecule has 1 atom stereocenters. The standard InChI is InChI=1S/C19H22N4O2/c1-11(2)16(17(24)22-19-20-12(3)9-13(4)21-19)23-10-14-7-5-6-8-15(14)18(23)25/h5-9,11,16H,10H2,1-4H3,(H,20,21,22,24)/t16-/m1/s1. The molecule has 1 aliphatic heterocycles. The zero-order valence-electron chi connectivity index (χ0n) is 14.9. The van der Waals surface area contributed by atoms with E-state index < -0.39 is 6.04 Å². The monoisotopic (exact) mass is 338 g/mol. The number of hydrogen-bond donors (Lipinski definition) is 1. The second-order valence-electron chi connectivity index (χ2n) is 6.74. The Hall–Kier alpha value is -2.76. The Morgan fingerprint density at radius 3 is 2.40 bits per heavy atom. The van der Waals surface area contributed by atoms with Crippen molar-refractivity contribution in [2.45, 2.75) is 40.3 Å². The van der Waals surface area contributed by atoms with Crippen LogP contribution in [0.5, 0.6) is 0 Å². The Bertz CT molecular complexity index is 812. The Balaban J connectivity index is 1.84. The second-order valence-corrected chi connectivity index (χ2v) is 6.74. The molecular weight excluding hydrogens is 316 g/mol. The van der Waals surface area contributed by atoms with Crippen LogP contribution in [0.1, 0.15) is 41.2 Å². The summed E-state index contributed by atoms with van der Waals surface area (Å²) in [6.07, 6.45) is 0. The number of anilines is 1. The van der Waals surface area contributed by atoms with E-state index in [4.69, 9.17) is 0 Å². The molecule has 25 heavy (non-hydrogen) atoms. The first-order chi connectivity index (χ1) is 11.9. The van der Waals surface area contributed by atoms with Crippen LogP contribution >= 0.6 is 0 Å². The smallest absolute Gasteiger partial charge is 0.255 e. The van der Waals surface area contributed by atoms with Gasteiger partial charge in [-0.05, 0) is 37.5 Å². The van der Waals surface area contributed by atoms with Crippen LogP contribution in [0.3, 0.4) is 0 Å². The van der Waals surface area contributed by atoms with Crippen molar-refractivity contribution >= 4 is 17.8 Å². The van der Waals surface area contributed by atoms with Crippen LogP contribution in [0.15, 0.2) is 30.3 Å². The summed E-state index contributed by atoms with van der Waals surface area (Å²) in [4.78, 5) is 35.7. The van der Waals surface area contributed by atoms with Gasteiger partial charge in [-0.25, -0.2) is 9.97 Å². The maximum absolute atomic E-state index is 12.9. The van der Waals surface area contributed by atoms with Crippen molar-refractivity contribution in [2.24, 2.45) is 5.92 Å². The molecular formula is C19H22N4O2. The van der Waals surface area contributed by atoms with Gasteiger partial charge in [0.2, 0.25) is 11.9 Å². The van der Waals surface area contributed by atoms with E-state index in [9.17, 15) is 9.59 Å². The van der Waals surface area contributed by atoms with Crippen molar-refractivity contribution in [1.29, 1.82) is 0 Å². The summed E-state index contributed by atoms with van der Waals surface area (Å²) in [5.74, 6) is -0.131. The van der Waals surface area contributed by atoms with E-state index in [0.717, 1.165) is 17.0 Å². The van der Waals surface area contributed by atoms with Crippen molar-refractivity contribution in [3.05, 3.63) is 52.8 Å². The number of benzene rings is 1. The average Bonchev–Trinajstić information content (AvgIpc) is 2.83. The molecule has 0 unspecified atom stereocenters. The highest BCUT2D eigenvalue weighted by Crippen LogP contribution is 2.27. The van der Waals surface area contributed by atoms with Gasteiger partial charge in [-0.3, -0.25) is 14.9 Å². The lowest BCUT2D eigenvalue weighted by Crippen LogP contribution is -2.47. The number of carbonyl (C=O) groups is 2. The van der Waals surface area contributed by atoms with Crippen molar-refractivity contribution in [3.8, 4) is 0 Å². The van der Waals surface area contributed by atoms with E-state index in [1.807, 2.05) is 52.0 Å². The van der Waals surface area contributed by atoms with Gasteiger partial charge in [-0.15, -0.1) is 0 Å². The first kappa shape index (κ1) is 17.1. The molecule has 1 aromatic heterocycles. The normalized spacial score (nSPS) is 14.6. The average molecular weight is 338 g/mol. The third-order valence-electron chi connectivity index (χ3n) is 4.30. The molecule has 1 aliphatic rings. The first-order valence-electron chi connectivity index (χ1n) is 8.39. The molecule has 130 valence electrons. The van der Waals surface area contributed by atoms with Gasteiger partial charge in [0.05, 0.1) is 0 Å². The summed E-state index contributed by atoms with van der Waals surface area (Å²) in [6.45, 7) is 8.01. The van der Waals surface area contributed by atoms with Crippen molar-refractivity contribution in [1.82, 2.24) is 14.9 Å². The highest BCUT2D eigenvalue weighted by atomic mass is 16.2. The number of rotatable bonds is 4. The topological polar surface area (TPSA) is 75.2 Å². The number of aromatic nitrogens is 2. The van der Waals surface area contributed by atoms with Crippen molar-refractivity contribution in [2.75, 3.05) is 5.32 Å². The molecule has 1 aromatic carbocycles. The minimum absolute atomic E-state index is 0.0378. The molecule has 6 heteroatoms. The first-order valence-corrected chi connectivity index (χ1v) is 8.39. The van der Waals surface area contributed by atoms with Crippen LogP contribution < -0.4 is 5.32 Å². The van der Waals surface area contributed by atoms with E-state index in [1.54, 1.807) is 11.0 Å². The predicted molar refractivity (Wildman–Crippen MR) is 95.1 cm³/mol. The van der Waals surface area contributed by atoms with Gasteiger partial charge in [0.25, 0.3) is 5.91 Å². The lowest BCUT2D eigenvalue weighted by atomic mass is 10.0. The van der Waals surface area contributed by atoms with Gasteiger partial charge in [0.1, 0.15) is 6.04 Å². The molecule has 0 radical (unpaired) electrons. The molecule has 2 heterocycles. The number of aryl methyl sites for hydroxylation is 2. The van der Waals surface area contributed by atoms with Crippen LogP contribution in [0, 0.1) is 19.8 Å². The van der Waals surface area contributed by atoms with Gasteiger partial charge >= 0.3 is 0 Å². The fourth-order valence-electron chi connectivity index (χ4n) is 3.27. The maximum Gasteiger partial charge on any atom is 0.255 e. The Morgan fingerprint density at radius 2 is 1.80 bits per heavy atom. The number of hydrogen-bond acceptors (Lipinski definition) is 4. The van der Waals surface area contributed by atoms with Gasteiger partial charge in [-0.1, -0.05) is 32.0 Å². The number of carbonyl (C=O) groups excluding carboxylic acids is 2. The van der Waals surface area contributed by atoms with Crippen molar-refractivity contribution in [3.63, 3.8) is 0 Å². The largest absolute Gasteiger partial charge is 0.322 e. The van der Waals surface area contributed by atoms with Crippen LogP contribution in [-0.4, -0.2) is 32.7 Å². The molecule has 0 bridgehead atoms. The Labute approximate surface area is 147 Å². The number of nitrogens with one attached hydrogen (secondary N) is 1. The van der Waals surface area contributed by atoms with Crippen LogP contribution in [-0.2, 0) is 11.3 Å². The fourth-order valence-corrected chi connectivity index (χ4v) is 3.27. The molecule has 0 aliphatic carbocycles. The predicted octanol–water partition coefficient (Wildman–Crippen LogP) is 2.71. The number of nitrogens with zero attached hydrogens (tertiary/aromatic N) is 3. The highest BCUT2D eigenvalue weighted by molar-refractivity contribution is 6.03. The molecule has 2 aromatic rings. The van der Waals surface area contributed by atoms with E-state index in [0.29, 0.717) is 12.1 Å². The lowest BCUT2D eigenvalue weighted by molar-refractivity contribution is -0.122. The summed E-state index contributed by atoms with van der Waals surface area (Å²) in [7, 11) is 0. The number of amides is 2. The highest BCUT2D eigenvalue weighted by Gasteiger charge is 2.38. The van der Waals surface area contributed by atoms with E-state index in [-0.39, 0.29) is 23.7 Å². The minimum atomic E-state index is -0.579. The molecule has 0 saturated carbocycles. The number of fused-ring (bicyclic) bond motifs is 1. The third kappa shape index (κ3) is 3.38. The quantitative estimate of drug-likeness (QED) is 0.930.